The number of nitrogens with one attached hydrogen (secondary N) is 1. The summed E-state index contributed by atoms with van der Waals surface area (Å²) >= 11 is 6.22. The summed E-state index contributed by atoms with van der Waals surface area (Å²) < 4.78 is 1.83. The van der Waals surface area contributed by atoms with Gasteiger partial charge in [0.15, 0.2) is 0 Å². The number of nitrogens with zero attached hydrogens (tertiary/aromatic N) is 2. The van der Waals surface area contributed by atoms with Gasteiger partial charge in [0.25, 0.3) is 0 Å². The van der Waals surface area contributed by atoms with Crippen molar-refractivity contribution in [1.29, 1.82) is 0 Å². The molecule has 0 aliphatic heterocycles. The molecule has 1 unspecified atom stereocenters. The number of rotatable bonds is 5. The van der Waals surface area contributed by atoms with Crippen molar-refractivity contribution in [2.24, 2.45) is 0 Å². The lowest BCUT2D eigenvalue weighted by atomic mass is 9.95. The van der Waals surface area contributed by atoms with Crippen molar-refractivity contribution in [2.75, 3.05) is 0 Å². The van der Waals surface area contributed by atoms with Crippen LogP contribution >= 0.6 is 11.6 Å². The Bertz CT molecular complexity index is 413. The Kier molecular flexibility index (Phi) is 5.25. The van der Waals surface area contributed by atoms with Crippen molar-refractivity contribution in [1.82, 2.24) is 15.1 Å². The van der Waals surface area contributed by atoms with E-state index >= 15 is 0 Å². The van der Waals surface area contributed by atoms with E-state index < -0.39 is 5.38 Å². The van der Waals surface area contributed by atoms with E-state index in [0.717, 1.165) is 31.4 Å². The molecular weight excluding hydrogens is 262 g/mol. The van der Waals surface area contributed by atoms with Crippen LogP contribution in [-0.2, 0) is 11.3 Å². The van der Waals surface area contributed by atoms with Crippen molar-refractivity contribution in [3.8, 4) is 0 Å². The smallest absolute Gasteiger partial charge is 0.242 e. The third-order valence-corrected chi connectivity index (χ3v) is 4.03. The molecule has 1 N–H and O–H groups in total. The quantitative estimate of drug-likeness (QED) is 0.845. The van der Waals surface area contributed by atoms with E-state index in [1.54, 1.807) is 6.20 Å². The second-order valence-corrected chi connectivity index (χ2v) is 5.68. The van der Waals surface area contributed by atoms with Crippen LogP contribution in [0.1, 0.15) is 56.4 Å². The van der Waals surface area contributed by atoms with E-state index in [1.807, 2.05) is 10.9 Å². The Morgan fingerprint density at radius 1 is 1.53 bits per heavy atom. The molecule has 1 atom stereocenters. The predicted octanol–water partition coefficient (Wildman–Crippen LogP) is 3.02. The second kappa shape index (κ2) is 6.94. The van der Waals surface area contributed by atoms with Crippen LogP contribution in [0.3, 0.4) is 0 Å². The molecule has 0 aromatic carbocycles. The summed E-state index contributed by atoms with van der Waals surface area (Å²) in [6.45, 7) is 2.95. The molecule has 1 fully saturated rings. The van der Waals surface area contributed by atoms with E-state index in [4.69, 9.17) is 11.6 Å². The van der Waals surface area contributed by atoms with Crippen molar-refractivity contribution < 1.29 is 4.79 Å². The minimum absolute atomic E-state index is 0.0929. The highest BCUT2D eigenvalue weighted by Gasteiger charge is 2.23. The highest BCUT2D eigenvalue weighted by molar-refractivity contribution is 6.30. The summed E-state index contributed by atoms with van der Waals surface area (Å²) in [7, 11) is 0. The van der Waals surface area contributed by atoms with Gasteiger partial charge < -0.3 is 5.32 Å². The number of aryl methyl sites for hydroxylation is 1. The van der Waals surface area contributed by atoms with Gasteiger partial charge >= 0.3 is 0 Å². The molecule has 2 rings (SSSR count). The fraction of sp³-hybridized carbons (Fsp3) is 0.714. The van der Waals surface area contributed by atoms with Crippen LogP contribution in [0.25, 0.3) is 0 Å². The highest BCUT2D eigenvalue weighted by atomic mass is 35.5. The van der Waals surface area contributed by atoms with Gasteiger partial charge in [-0.2, -0.15) is 5.10 Å². The summed E-state index contributed by atoms with van der Waals surface area (Å²) in [5, 5.41) is 6.63. The van der Waals surface area contributed by atoms with Gasteiger partial charge in [0.2, 0.25) is 5.91 Å². The van der Waals surface area contributed by atoms with Crippen molar-refractivity contribution in [3.05, 3.63) is 18.0 Å². The minimum Gasteiger partial charge on any atom is -0.352 e. The molecule has 0 radical (unpaired) electrons. The normalized spacial score (nSPS) is 18.2. The lowest BCUT2D eigenvalue weighted by Crippen LogP contribution is -2.37. The Labute approximate surface area is 119 Å². The van der Waals surface area contributed by atoms with E-state index in [1.165, 1.54) is 19.3 Å². The molecule has 0 bridgehead atoms. The summed E-state index contributed by atoms with van der Waals surface area (Å²) in [6.07, 6.45) is 10.4. The van der Waals surface area contributed by atoms with Crippen LogP contribution in [0.15, 0.2) is 12.4 Å². The monoisotopic (exact) mass is 283 g/mol. The standard InChI is InChI=1S/C14H22ClN3O/c1-2-8-18-10-11(9-16-18)13(15)14(19)17-12-6-4-3-5-7-12/h9-10,12-13H,2-8H2,1H3,(H,17,19). The van der Waals surface area contributed by atoms with Gasteiger partial charge in [-0.15, -0.1) is 11.6 Å². The summed E-state index contributed by atoms with van der Waals surface area (Å²) in [6, 6.07) is 0.299. The van der Waals surface area contributed by atoms with Crippen molar-refractivity contribution in [3.63, 3.8) is 0 Å². The van der Waals surface area contributed by atoms with Crippen molar-refractivity contribution in [2.45, 2.75) is 63.4 Å². The number of hydrogen-bond donors (Lipinski definition) is 1. The van der Waals surface area contributed by atoms with E-state index in [-0.39, 0.29) is 5.91 Å². The number of aromatic nitrogens is 2. The van der Waals surface area contributed by atoms with Gasteiger partial charge in [0, 0.05) is 24.3 Å². The van der Waals surface area contributed by atoms with Crippen LogP contribution < -0.4 is 5.32 Å². The van der Waals surface area contributed by atoms with E-state index in [2.05, 4.69) is 17.3 Å². The summed E-state index contributed by atoms with van der Waals surface area (Å²) in [5.74, 6) is -0.0929. The largest absolute Gasteiger partial charge is 0.352 e. The fourth-order valence-electron chi connectivity index (χ4n) is 2.53. The Hall–Kier alpha value is -1.03. The first-order valence-electron chi connectivity index (χ1n) is 7.17. The predicted molar refractivity (Wildman–Crippen MR) is 76.1 cm³/mol. The van der Waals surface area contributed by atoms with Gasteiger partial charge in [-0.25, -0.2) is 0 Å². The second-order valence-electron chi connectivity index (χ2n) is 5.24. The summed E-state index contributed by atoms with van der Waals surface area (Å²) in [4.78, 5) is 12.1. The number of halogens is 1. The molecule has 1 saturated carbocycles. The number of alkyl halides is 1. The molecule has 1 aromatic heterocycles. The van der Waals surface area contributed by atoms with Gasteiger partial charge in [0.1, 0.15) is 5.38 Å². The molecule has 106 valence electrons. The third-order valence-electron chi connectivity index (χ3n) is 3.58. The molecule has 1 aromatic rings. The van der Waals surface area contributed by atoms with Gasteiger partial charge in [-0.3, -0.25) is 9.48 Å². The number of carbonyl (C=O) groups is 1. The number of hydrogen-bond acceptors (Lipinski definition) is 2. The molecule has 1 aliphatic rings. The average Bonchev–Trinajstić information content (AvgIpc) is 2.88. The summed E-state index contributed by atoms with van der Waals surface area (Å²) in [5.41, 5.74) is 0.781. The topological polar surface area (TPSA) is 46.9 Å². The van der Waals surface area contributed by atoms with Crippen LogP contribution in [0.2, 0.25) is 0 Å². The maximum atomic E-state index is 12.1. The minimum atomic E-state index is -0.632. The van der Waals surface area contributed by atoms with E-state index in [9.17, 15) is 4.79 Å². The zero-order chi connectivity index (χ0) is 13.7. The first-order chi connectivity index (χ1) is 9.20. The average molecular weight is 284 g/mol. The van der Waals surface area contributed by atoms with Crippen LogP contribution in [-0.4, -0.2) is 21.7 Å². The Balaban J connectivity index is 1.89. The van der Waals surface area contributed by atoms with E-state index in [0.29, 0.717) is 6.04 Å². The van der Waals surface area contributed by atoms with Crippen LogP contribution in [0, 0.1) is 0 Å². The molecule has 0 saturated heterocycles. The first-order valence-corrected chi connectivity index (χ1v) is 7.61. The molecular formula is C14H22ClN3O. The zero-order valence-electron chi connectivity index (χ0n) is 11.4. The number of amides is 1. The maximum absolute atomic E-state index is 12.1. The molecule has 1 aliphatic carbocycles. The highest BCUT2D eigenvalue weighted by Crippen LogP contribution is 2.22. The number of carbonyl (C=O) groups excluding carboxylic acids is 1. The molecule has 0 spiro atoms. The SMILES string of the molecule is CCCn1cc(C(Cl)C(=O)NC2CCCCC2)cn1. The third kappa shape index (κ3) is 3.96. The molecule has 1 amide bonds. The fourth-order valence-corrected chi connectivity index (χ4v) is 2.71. The molecule has 4 nitrogen and oxygen atoms in total. The Morgan fingerprint density at radius 2 is 2.26 bits per heavy atom. The lowest BCUT2D eigenvalue weighted by molar-refractivity contribution is -0.121. The van der Waals surface area contributed by atoms with Crippen LogP contribution in [0.5, 0.6) is 0 Å². The molecule has 19 heavy (non-hydrogen) atoms. The van der Waals surface area contributed by atoms with Crippen LogP contribution in [0.4, 0.5) is 0 Å². The van der Waals surface area contributed by atoms with Gasteiger partial charge in [-0.1, -0.05) is 26.2 Å². The lowest BCUT2D eigenvalue weighted by Gasteiger charge is -2.23. The zero-order valence-corrected chi connectivity index (χ0v) is 12.2. The Morgan fingerprint density at radius 3 is 2.95 bits per heavy atom. The van der Waals surface area contributed by atoms with Gasteiger partial charge in [0.05, 0.1) is 6.20 Å². The van der Waals surface area contributed by atoms with Crippen molar-refractivity contribution >= 4 is 17.5 Å². The molecule has 5 heteroatoms. The maximum Gasteiger partial charge on any atom is 0.242 e. The van der Waals surface area contributed by atoms with Gasteiger partial charge in [-0.05, 0) is 19.3 Å². The molecule has 1 heterocycles. The first kappa shape index (κ1) is 14.4.